The number of methoxy groups -OCH3 is 2. The number of esters is 1. The van der Waals surface area contributed by atoms with Gasteiger partial charge in [0.05, 0.1) is 31.8 Å². The van der Waals surface area contributed by atoms with Crippen LogP contribution in [0.2, 0.25) is 0 Å². The van der Waals surface area contributed by atoms with Gasteiger partial charge in [0.15, 0.2) is 6.10 Å². The smallest absolute Gasteiger partial charge is 0.328 e. The van der Waals surface area contributed by atoms with Gasteiger partial charge in [-0.2, -0.15) is 0 Å². The number of nitrogens with zero attached hydrogens (tertiary/aromatic N) is 2. The third-order valence-corrected chi connectivity index (χ3v) is 17.1. The average Bonchev–Trinajstić information content (AvgIpc) is 0.836. The Labute approximate surface area is 597 Å². The molecule has 0 aliphatic carbocycles. The Morgan fingerprint density at radius 1 is 0.680 bits per heavy atom. The zero-order valence-electron chi connectivity index (χ0n) is 60.9. The van der Waals surface area contributed by atoms with Gasteiger partial charge in [0.1, 0.15) is 78.4 Å². The van der Waals surface area contributed by atoms with Crippen molar-refractivity contribution < 1.29 is 107 Å². The number of ether oxygens (including phenoxy) is 3. The first kappa shape index (κ1) is 89.7. The molecule has 1 aliphatic heterocycles. The SMILES string of the molecule is COC[C@@H]1NC(=O)[C@@H](NC(=O)[C@@H](NC(=O)[C@@H](NC(=O)[C@@H](NC(=O)[C@H](NC(=O)C[C@H](O)/C=C\[C@@H](C)CC(C)C)[C@H](O)C(N)=O)[C@@H](C)O)[C@@H](C)N)[C@@H](C)[C@@H](C)C(N)=O)[C@@H](C)OC(=O)[C@H](C)N(C)C(=O)C([C@H](OC)c2ccc(O)cc2)NC(=O)[C@H](CCC(N)=O)N(C)C(=O)[C@H](CC(C)C)NC(=O)CNC1=O. The molecule has 1 unspecified atom stereocenters. The van der Waals surface area contributed by atoms with Crippen LogP contribution < -0.4 is 70.8 Å². The molecule has 37 nitrogen and oxygen atoms in total. The van der Waals surface area contributed by atoms with Gasteiger partial charge in [0.25, 0.3) is 0 Å². The second-order valence-corrected chi connectivity index (χ2v) is 26.7. The summed E-state index contributed by atoms with van der Waals surface area (Å²) < 4.78 is 16.8. The lowest BCUT2D eigenvalue weighted by Gasteiger charge is -2.36. The Morgan fingerprint density at radius 3 is 1.78 bits per heavy atom. The van der Waals surface area contributed by atoms with E-state index in [2.05, 4.69) is 47.9 Å². The van der Waals surface area contributed by atoms with Crippen molar-refractivity contribution in [1.82, 2.24) is 57.7 Å². The van der Waals surface area contributed by atoms with Gasteiger partial charge in [-0.15, -0.1) is 0 Å². The van der Waals surface area contributed by atoms with Gasteiger partial charge in [0.2, 0.25) is 82.7 Å². The number of hydrogen-bond acceptors (Lipinski definition) is 23. The van der Waals surface area contributed by atoms with E-state index in [1.54, 1.807) is 19.9 Å². The number of carbonyl (C=O) groups excluding carboxylic acids is 15. The number of hydrogen-bond donors (Lipinski definition) is 17. The molecule has 1 heterocycles. The van der Waals surface area contributed by atoms with Crippen molar-refractivity contribution in [3.8, 4) is 5.75 Å². The summed E-state index contributed by atoms with van der Waals surface area (Å²) in [7, 11) is 4.62. The van der Waals surface area contributed by atoms with Crippen LogP contribution in [0.4, 0.5) is 0 Å². The monoisotopic (exact) mass is 1460 g/mol. The van der Waals surface area contributed by atoms with Gasteiger partial charge in [-0.25, -0.2) is 4.79 Å². The normalized spacial score (nSPS) is 22.9. The molecule has 1 fully saturated rings. The minimum atomic E-state index is -2.46. The van der Waals surface area contributed by atoms with Crippen LogP contribution in [-0.4, -0.2) is 251 Å². The van der Waals surface area contributed by atoms with E-state index >= 15 is 9.59 Å². The van der Waals surface area contributed by atoms with E-state index in [1.807, 2.05) is 20.8 Å². The van der Waals surface area contributed by atoms with Crippen LogP contribution in [0.5, 0.6) is 5.75 Å². The molecule has 14 amide bonds. The van der Waals surface area contributed by atoms with Gasteiger partial charge in [-0.3, -0.25) is 67.1 Å². The van der Waals surface area contributed by atoms with Gasteiger partial charge in [-0.1, -0.05) is 72.8 Å². The second-order valence-electron chi connectivity index (χ2n) is 26.7. The molecule has 578 valence electrons. The number of allylic oxidation sites excluding steroid dienone is 1. The predicted molar refractivity (Wildman–Crippen MR) is 367 cm³/mol. The minimum Gasteiger partial charge on any atom is -0.508 e. The summed E-state index contributed by atoms with van der Waals surface area (Å²) in [6.45, 7) is 14.7. The number of aliphatic hydroxyl groups is 3. The number of phenols is 1. The van der Waals surface area contributed by atoms with Gasteiger partial charge >= 0.3 is 5.97 Å². The van der Waals surface area contributed by atoms with E-state index in [9.17, 15) is 82.8 Å². The van der Waals surface area contributed by atoms with E-state index in [0.29, 0.717) is 5.92 Å². The van der Waals surface area contributed by atoms with Crippen LogP contribution in [0.1, 0.15) is 120 Å². The number of cyclic esters (lactones) is 1. The summed E-state index contributed by atoms with van der Waals surface area (Å²) in [5.41, 5.74) is 22.9. The lowest BCUT2D eigenvalue weighted by Crippen LogP contribution is -2.66. The molecule has 103 heavy (non-hydrogen) atoms. The molecular weight excluding hydrogens is 1350 g/mol. The van der Waals surface area contributed by atoms with Crippen molar-refractivity contribution in [2.45, 2.75) is 205 Å². The first-order valence-electron chi connectivity index (χ1n) is 33.5. The maximum absolute atomic E-state index is 15.0. The van der Waals surface area contributed by atoms with Gasteiger partial charge in [-0.05, 0) is 88.3 Å². The molecule has 0 saturated carbocycles. The van der Waals surface area contributed by atoms with Crippen LogP contribution in [0.15, 0.2) is 36.4 Å². The quantitative estimate of drug-likeness (QED) is 0.0236. The number of nitrogens with one attached hydrogen (secondary N) is 9. The number of carbonyl (C=O) groups is 15. The highest BCUT2D eigenvalue weighted by molar-refractivity contribution is 6.01. The molecule has 0 spiro atoms. The fraction of sp³-hybridized carbons (Fsp3) is 0.652. The first-order chi connectivity index (χ1) is 47.9. The molecule has 1 saturated heterocycles. The standard InChI is InChI=1S/C66H107N15O22/c1-29(2)24-31(5)16-19-40(84)26-45(86)74-51(53(88)56(70)90)63(97)77-49(36(10)82)61(95)76-48(34(8)67)60(94)75-47(32(6)33(7)55(69)89)59(93)78-50-37(11)103-66(100)35(9)80(12)65(99)52(54(102-15)38-17-20-39(83)21-18-38)79-58(92)43(22-23-44(68)85)81(13)64(98)41(25-30(3)4)72-46(87)27-71-57(91)42(28-101-14)73-62(50)96/h16-21,29-37,40-43,47-54,82-84,88H,22-28,67H2,1-15H3,(H2,68,85)(H2,69,89)(H2,70,90)(H,71,91)(H,72,87)(H,73,96)(H,74,86)(H,75,94)(H,76,95)(H,77,97)(H,78,93)(H,79,92)/b19-16-/t31-,32+,33-,34-,35+,36-,37-,40-,41+,42+,43+,47+,48+,49+,50+,51-,52?,53+,54-/m1/s1. The van der Waals surface area contributed by atoms with Crippen molar-refractivity contribution in [3.05, 3.63) is 42.0 Å². The van der Waals surface area contributed by atoms with Crippen molar-refractivity contribution >= 4 is 88.7 Å². The summed E-state index contributed by atoms with van der Waals surface area (Å²) >= 11 is 0. The fourth-order valence-electron chi connectivity index (χ4n) is 10.9. The van der Waals surface area contributed by atoms with Crippen LogP contribution >= 0.6 is 0 Å². The number of rotatable bonds is 32. The fourth-order valence-corrected chi connectivity index (χ4v) is 10.9. The number of aromatic hydroxyl groups is 1. The summed E-state index contributed by atoms with van der Waals surface area (Å²) in [4.78, 5) is 211. The average molecular weight is 1460 g/mol. The molecule has 0 aromatic heterocycles. The van der Waals surface area contributed by atoms with E-state index in [1.165, 1.54) is 72.2 Å². The van der Waals surface area contributed by atoms with E-state index < -0.39 is 230 Å². The highest BCUT2D eigenvalue weighted by Gasteiger charge is 2.45. The van der Waals surface area contributed by atoms with Crippen molar-refractivity contribution in [3.63, 3.8) is 0 Å². The van der Waals surface area contributed by atoms with Gasteiger partial charge in [0, 0.05) is 46.7 Å². The first-order valence-corrected chi connectivity index (χ1v) is 33.5. The highest BCUT2D eigenvalue weighted by atomic mass is 16.5. The maximum Gasteiger partial charge on any atom is 0.328 e. The summed E-state index contributed by atoms with van der Waals surface area (Å²) in [6.07, 6.45) is -6.96. The molecule has 37 heteroatoms. The number of amides is 14. The van der Waals surface area contributed by atoms with E-state index in [-0.39, 0.29) is 29.6 Å². The molecule has 0 bridgehead atoms. The Bertz CT molecular complexity index is 3170. The molecule has 0 radical (unpaired) electrons. The molecule has 1 aromatic rings. The van der Waals surface area contributed by atoms with E-state index in [4.69, 9.17) is 37.1 Å². The number of benzene rings is 1. The second kappa shape index (κ2) is 42.2. The Hall–Kier alpha value is -9.43. The van der Waals surface area contributed by atoms with E-state index in [0.717, 1.165) is 44.2 Å². The lowest BCUT2D eigenvalue weighted by molar-refractivity contribution is -0.161. The molecule has 21 N–H and O–H groups in total. The third kappa shape index (κ3) is 28.0. The van der Waals surface area contributed by atoms with Crippen molar-refractivity contribution in [2.24, 2.45) is 52.5 Å². The Kier molecular flexibility index (Phi) is 36.8. The minimum absolute atomic E-state index is 0.00428. The number of likely N-dealkylation sites (N-methyl/N-ethyl adjacent to an activating group) is 2. The molecular formula is C66H107N15O22. The zero-order valence-corrected chi connectivity index (χ0v) is 60.9. The van der Waals surface area contributed by atoms with Crippen LogP contribution in [0.25, 0.3) is 0 Å². The van der Waals surface area contributed by atoms with Crippen molar-refractivity contribution in [2.75, 3.05) is 41.5 Å². The number of nitrogens with two attached hydrogens (primary N) is 4. The van der Waals surface area contributed by atoms with Gasteiger partial charge < -0.3 is 115 Å². The molecule has 1 aliphatic rings. The van der Waals surface area contributed by atoms with Crippen LogP contribution in [-0.2, 0) is 86.1 Å². The highest BCUT2D eigenvalue weighted by Crippen LogP contribution is 2.27. The summed E-state index contributed by atoms with van der Waals surface area (Å²) in [5, 5.41) is 63.3. The third-order valence-electron chi connectivity index (χ3n) is 17.1. The number of phenolic OH excluding ortho intramolecular Hbond substituents is 1. The molecule has 19 atom stereocenters. The predicted octanol–water partition coefficient (Wildman–Crippen LogP) is -6.03. The number of primary amides is 3. The lowest BCUT2D eigenvalue weighted by atomic mass is 9.87. The Balaban J connectivity index is 2.85. The molecule has 2 rings (SSSR count). The molecule has 1 aromatic carbocycles. The van der Waals surface area contributed by atoms with Crippen LogP contribution in [0.3, 0.4) is 0 Å². The maximum atomic E-state index is 15.0. The largest absolute Gasteiger partial charge is 0.508 e. The van der Waals surface area contributed by atoms with Crippen LogP contribution in [0, 0.1) is 29.6 Å². The topological polar surface area (TPSA) is 583 Å². The zero-order chi connectivity index (χ0) is 78.8. The summed E-state index contributed by atoms with van der Waals surface area (Å²) in [5.74, 6) is -20.7. The van der Waals surface area contributed by atoms with Crippen molar-refractivity contribution in [1.29, 1.82) is 0 Å². The number of aliphatic hydroxyl groups excluding tert-OH is 3. The summed E-state index contributed by atoms with van der Waals surface area (Å²) in [6, 6.07) is -15.0. The Morgan fingerprint density at radius 2 is 1.25 bits per heavy atom.